The minimum Gasteiger partial charge on any atom is -0.348 e. The number of hydrogen-bond acceptors (Lipinski definition) is 3. The van der Waals surface area contributed by atoms with Crippen LogP contribution in [0.2, 0.25) is 0 Å². The van der Waals surface area contributed by atoms with E-state index in [4.69, 9.17) is 0 Å². The highest BCUT2D eigenvalue weighted by molar-refractivity contribution is 5.94. The predicted octanol–water partition coefficient (Wildman–Crippen LogP) is 4.91. The molecule has 0 spiro atoms. The van der Waals surface area contributed by atoms with Crippen LogP contribution in [0.15, 0.2) is 66.9 Å². The zero-order valence-corrected chi connectivity index (χ0v) is 14.4. The van der Waals surface area contributed by atoms with Crippen LogP contribution in [0.4, 0.5) is 29.1 Å². The van der Waals surface area contributed by atoms with Crippen molar-refractivity contribution in [2.24, 2.45) is 0 Å². The maximum atomic E-state index is 13.6. The molecular weight excluding hydrogens is 374 g/mol. The lowest BCUT2D eigenvalue weighted by Crippen LogP contribution is -2.23. The Morgan fingerprint density at radius 2 is 1.71 bits per heavy atom. The lowest BCUT2D eigenvalue weighted by Gasteiger charge is -2.10. The van der Waals surface area contributed by atoms with Gasteiger partial charge in [-0.3, -0.25) is 4.79 Å². The highest BCUT2D eigenvalue weighted by Gasteiger charge is 2.29. The van der Waals surface area contributed by atoms with Gasteiger partial charge in [0, 0.05) is 29.6 Å². The molecule has 0 bridgehead atoms. The molecular formula is C20H15F4N3O. The van der Waals surface area contributed by atoms with Gasteiger partial charge in [0.2, 0.25) is 0 Å². The number of nitrogens with zero attached hydrogens (tertiary/aromatic N) is 1. The minimum atomic E-state index is -4.41. The van der Waals surface area contributed by atoms with Crippen molar-refractivity contribution in [3.63, 3.8) is 0 Å². The molecule has 144 valence electrons. The molecule has 3 rings (SSSR count). The van der Waals surface area contributed by atoms with Gasteiger partial charge < -0.3 is 10.6 Å². The van der Waals surface area contributed by atoms with E-state index in [1.165, 1.54) is 36.5 Å². The summed E-state index contributed by atoms with van der Waals surface area (Å²) in [5, 5.41) is 5.45. The number of pyridine rings is 1. The molecule has 0 aliphatic heterocycles. The van der Waals surface area contributed by atoms with E-state index in [1.807, 2.05) is 0 Å². The molecule has 1 aromatic heterocycles. The van der Waals surface area contributed by atoms with Gasteiger partial charge in [0.15, 0.2) is 0 Å². The lowest BCUT2D eigenvalue weighted by atomic mass is 10.2. The number of aromatic nitrogens is 1. The fraction of sp³-hybridized carbons (Fsp3) is 0.100. The summed E-state index contributed by atoms with van der Waals surface area (Å²) in [6.45, 7) is 0.0233. The number of carbonyl (C=O) groups excluding carboxylic acids is 1. The summed E-state index contributed by atoms with van der Waals surface area (Å²) >= 11 is 0. The molecule has 2 N–H and O–H groups in total. The molecule has 28 heavy (non-hydrogen) atoms. The first-order valence-electron chi connectivity index (χ1n) is 8.25. The van der Waals surface area contributed by atoms with Crippen LogP contribution in [0, 0.1) is 5.82 Å². The van der Waals surface area contributed by atoms with Gasteiger partial charge in [-0.2, -0.15) is 13.2 Å². The molecule has 0 radical (unpaired) electrons. The second-order valence-electron chi connectivity index (χ2n) is 5.90. The molecule has 2 aromatic carbocycles. The van der Waals surface area contributed by atoms with E-state index >= 15 is 0 Å². The standard InChI is InChI=1S/C20H15F4N3O/c21-17-4-2-1-3-14(17)12-26-19(28)13-9-10-25-18(11-13)27-16-7-5-15(6-8-16)20(22,23)24/h1-11H,12H2,(H,25,27)(H,26,28). The quantitative estimate of drug-likeness (QED) is 0.610. The summed E-state index contributed by atoms with van der Waals surface area (Å²) in [7, 11) is 0. The monoisotopic (exact) mass is 389 g/mol. The second-order valence-corrected chi connectivity index (χ2v) is 5.90. The number of alkyl halides is 3. The Labute approximate surface area is 158 Å². The van der Waals surface area contributed by atoms with E-state index in [1.54, 1.807) is 18.2 Å². The van der Waals surface area contributed by atoms with Crippen LogP contribution in [0.5, 0.6) is 0 Å². The van der Waals surface area contributed by atoms with Crippen LogP contribution in [-0.4, -0.2) is 10.9 Å². The van der Waals surface area contributed by atoms with Crippen molar-refractivity contribution >= 4 is 17.4 Å². The number of halogens is 4. The van der Waals surface area contributed by atoms with Gasteiger partial charge in [0.25, 0.3) is 5.91 Å². The third-order valence-electron chi connectivity index (χ3n) is 3.90. The van der Waals surface area contributed by atoms with E-state index in [0.29, 0.717) is 17.1 Å². The molecule has 8 heteroatoms. The SMILES string of the molecule is O=C(NCc1ccccc1F)c1ccnc(Nc2ccc(C(F)(F)F)cc2)c1. The molecule has 3 aromatic rings. The van der Waals surface area contributed by atoms with E-state index in [2.05, 4.69) is 15.6 Å². The van der Waals surface area contributed by atoms with Gasteiger partial charge in [0.1, 0.15) is 11.6 Å². The van der Waals surface area contributed by atoms with Crippen LogP contribution >= 0.6 is 0 Å². The molecule has 0 unspecified atom stereocenters. The number of amides is 1. The highest BCUT2D eigenvalue weighted by Crippen LogP contribution is 2.30. The number of benzene rings is 2. The van der Waals surface area contributed by atoms with Gasteiger partial charge in [0.05, 0.1) is 5.56 Å². The maximum absolute atomic E-state index is 13.6. The first-order chi connectivity index (χ1) is 13.3. The summed E-state index contributed by atoms with van der Waals surface area (Å²) in [6.07, 6.45) is -3.02. The molecule has 0 fully saturated rings. The normalized spacial score (nSPS) is 11.1. The summed E-state index contributed by atoms with van der Waals surface area (Å²) in [4.78, 5) is 16.3. The van der Waals surface area contributed by atoms with Crippen LogP contribution in [-0.2, 0) is 12.7 Å². The predicted molar refractivity (Wildman–Crippen MR) is 96.5 cm³/mol. The topological polar surface area (TPSA) is 54.0 Å². The molecule has 4 nitrogen and oxygen atoms in total. The van der Waals surface area contributed by atoms with E-state index in [0.717, 1.165) is 12.1 Å². The summed E-state index contributed by atoms with van der Waals surface area (Å²) < 4.78 is 51.4. The Bertz CT molecular complexity index is 972. The van der Waals surface area contributed by atoms with Crippen molar-refractivity contribution in [2.45, 2.75) is 12.7 Å². The van der Waals surface area contributed by atoms with Crippen molar-refractivity contribution in [1.29, 1.82) is 0 Å². The van der Waals surface area contributed by atoms with Gasteiger partial charge in [-0.05, 0) is 42.5 Å². The van der Waals surface area contributed by atoms with Gasteiger partial charge in [-0.1, -0.05) is 18.2 Å². The van der Waals surface area contributed by atoms with Gasteiger partial charge in [-0.15, -0.1) is 0 Å². The first kappa shape index (κ1) is 19.3. The highest BCUT2D eigenvalue weighted by atomic mass is 19.4. The molecule has 0 atom stereocenters. The number of nitrogens with one attached hydrogen (secondary N) is 2. The Kier molecular flexibility index (Phi) is 5.58. The molecule has 0 aliphatic rings. The van der Waals surface area contributed by atoms with E-state index < -0.39 is 23.5 Å². The largest absolute Gasteiger partial charge is 0.416 e. The lowest BCUT2D eigenvalue weighted by molar-refractivity contribution is -0.137. The number of carbonyl (C=O) groups is 1. The van der Waals surface area contributed by atoms with E-state index in [9.17, 15) is 22.4 Å². The molecule has 1 amide bonds. The van der Waals surface area contributed by atoms with Gasteiger partial charge in [-0.25, -0.2) is 9.37 Å². The van der Waals surface area contributed by atoms with Crippen LogP contribution in [0.3, 0.4) is 0 Å². The van der Waals surface area contributed by atoms with E-state index in [-0.39, 0.29) is 12.1 Å². The van der Waals surface area contributed by atoms with Gasteiger partial charge >= 0.3 is 6.18 Å². The summed E-state index contributed by atoms with van der Waals surface area (Å²) in [5.41, 5.74) is 0.269. The third-order valence-corrected chi connectivity index (χ3v) is 3.90. The molecule has 0 saturated heterocycles. The number of anilines is 2. The van der Waals surface area contributed by atoms with Crippen LogP contribution in [0.1, 0.15) is 21.5 Å². The Morgan fingerprint density at radius 1 is 1.00 bits per heavy atom. The first-order valence-corrected chi connectivity index (χ1v) is 8.25. The minimum absolute atomic E-state index is 0.0233. The second kappa shape index (κ2) is 8.08. The van der Waals surface area contributed by atoms with Crippen molar-refractivity contribution in [3.05, 3.63) is 89.4 Å². The van der Waals surface area contributed by atoms with Crippen molar-refractivity contribution < 1.29 is 22.4 Å². The number of hydrogen-bond donors (Lipinski definition) is 2. The fourth-order valence-electron chi connectivity index (χ4n) is 2.45. The van der Waals surface area contributed by atoms with Crippen LogP contribution in [0.25, 0.3) is 0 Å². The average Bonchev–Trinajstić information content (AvgIpc) is 2.67. The van der Waals surface area contributed by atoms with Crippen molar-refractivity contribution in [1.82, 2.24) is 10.3 Å². The zero-order chi connectivity index (χ0) is 20.1. The fourth-order valence-corrected chi connectivity index (χ4v) is 2.45. The van der Waals surface area contributed by atoms with Crippen LogP contribution < -0.4 is 10.6 Å². The Hall–Kier alpha value is -3.42. The average molecular weight is 389 g/mol. The summed E-state index contributed by atoms with van der Waals surface area (Å²) in [5.74, 6) is -0.554. The Balaban J connectivity index is 1.66. The molecule has 0 saturated carbocycles. The third kappa shape index (κ3) is 4.85. The molecule has 0 aliphatic carbocycles. The summed E-state index contributed by atoms with van der Waals surface area (Å²) in [6, 6.07) is 13.5. The number of rotatable bonds is 5. The van der Waals surface area contributed by atoms with Crippen molar-refractivity contribution in [2.75, 3.05) is 5.32 Å². The molecule has 1 heterocycles. The Morgan fingerprint density at radius 3 is 2.39 bits per heavy atom. The maximum Gasteiger partial charge on any atom is 0.416 e. The smallest absolute Gasteiger partial charge is 0.348 e. The zero-order valence-electron chi connectivity index (χ0n) is 14.4. The van der Waals surface area contributed by atoms with Crippen molar-refractivity contribution in [3.8, 4) is 0 Å².